The second kappa shape index (κ2) is 9.99. The van der Waals surface area contributed by atoms with Crippen molar-refractivity contribution in [2.45, 2.75) is 33.6 Å². The standard InChI is InChI=1S/C27H26N4O5/c1-5-36-25-12-17(4)21(14-20(25)16(2)3)26-29-22-9-7-6-8-19(22)27(33)30(26)28-15-18-10-11-24(32)23(13-18)31(34)35/h6-16,32H,5H2,1-4H3. The van der Waals surface area contributed by atoms with E-state index in [4.69, 9.17) is 9.72 Å². The number of nitro benzene ring substituents is 1. The average Bonchev–Trinajstić information content (AvgIpc) is 2.84. The van der Waals surface area contributed by atoms with Crippen LogP contribution in [0.15, 0.2) is 64.5 Å². The van der Waals surface area contributed by atoms with Crippen molar-refractivity contribution >= 4 is 22.8 Å². The van der Waals surface area contributed by atoms with Crippen LogP contribution in [0.5, 0.6) is 11.5 Å². The molecule has 0 aliphatic carbocycles. The molecule has 1 aromatic heterocycles. The second-order valence-corrected chi connectivity index (χ2v) is 8.61. The summed E-state index contributed by atoms with van der Waals surface area (Å²) in [4.78, 5) is 28.8. The van der Waals surface area contributed by atoms with Gasteiger partial charge in [0.1, 0.15) is 5.75 Å². The first-order valence-corrected chi connectivity index (χ1v) is 11.5. The minimum atomic E-state index is -0.682. The van der Waals surface area contributed by atoms with Crippen LogP contribution < -0.4 is 10.3 Å². The van der Waals surface area contributed by atoms with Crippen molar-refractivity contribution in [3.05, 3.63) is 91.8 Å². The predicted octanol–water partition coefficient (Wildman–Crippen LogP) is 5.39. The van der Waals surface area contributed by atoms with E-state index in [1.54, 1.807) is 18.2 Å². The summed E-state index contributed by atoms with van der Waals surface area (Å²) < 4.78 is 7.05. The lowest BCUT2D eigenvalue weighted by molar-refractivity contribution is -0.385. The van der Waals surface area contributed by atoms with Gasteiger partial charge in [-0.2, -0.15) is 9.78 Å². The fourth-order valence-corrected chi connectivity index (χ4v) is 3.97. The first kappa shape index (κ1) is 24.6. The number of phenolic OH excluding ortho intramolecular Hbond substituents is 1. The first-order chi connectivity index (χ1) is 17.2. The summed E-state index contributed by atoms with van der Waals surface area (Å²) in [6.45, 7) is 8.50. The number of hydrogen-bond acceptors (Lipinski definition) is 7. The predicted molar refractivity (Wildman–Crippen MR) is 139 cm³/mol. The van der Waals surface area contributed by atoms with Gasteiger partial charge in [0.15, 0.2) is 11.6 Å². The topological polar surface area (TPSA) is 120 Å². The van der Waals surface area contributed by atoms with Crippen LogP contribution >= 0.6 is 0 Å². The quantitative estimate of drug-likeness (QED) is 0.212. The maximum absolute atomic E-state index is 13.5. The highest BCUT2D eigenvalue weighted by Crippen LogP contribution is 2.34. The number of nitrogens with zero attached hydrogens (tertiary/aromatic N) is 4. The van der Waals surface area contributed by atoms with Gasteiger partial charge in [-0.05, 0) is 67.3 Å². The van der Waals surface area contributed by atoms with E-state index >= 15 is 0 Å². The van der Waals surface area contributed by atoms with Gasteiger partial charge in [-0.1, -0.05) is 26.0 Å². The number of fused-ring (bicyclic) bond motifs is 1. The van der Waals surface area contributed by atoms with E-state index < -0.39 is 16.4 Å². The zero-order valence-corrected chi connectivity index (χ0v) is 20.4. The summed E-state index contributed by atoms with van der Waals surface area (Å²) in [6, 6.07) is 14.8. The molecule has 9 heteroatoms. The monoisotopic (exact) mass is 486 g/mol. The van der Waals surface area contributed by atoms with Crippen molar-refractivity contribution in [1.82, 2.24) is 9.66 Å². The number of hydrogen-bond donors (Lipinski definition) is 1. The van der Waals surface area contributed by atoms with E-state index in [0.717, 1.165) is 22.4 Å². The fourth-order valence-electron chi connectivity index (χ4n) is 3.97. The Balaban J connectivity index is 1.96. The lowest BCUT2D eigenvalue weighted by atomic mass is 9.96. The summed E-state index contributed by atoms with van der Waals surface area (Å²) >= 11 is 0. The number of aromatic hydroxyl groups is 1. The molecule has 0 spiro atoms. The molecule has 4 aromatic rings. The summed E-state index contributed by atoms with van der Waals surface area (Å²) in [6.07, 6.45) is 1.33. The minimum absolute atomic E-state index is 0.160. The third-order valence-electron chi connectivity index (χ3n) is 5.79. The minimum Gasteiger partial charge on any atom is -0.502 e. The summed E-state index contributed by atoms with van der Waals surface area (Å²) in [5.74, 6) is 0.829. The van der Waals surface area contributed by atoms with Gasteiger partial charge in [0.25, 0.3) is 5.56 Å². The maximum Gasteiger partial charge on any atom is 0.311 e. The number of aryl methyl sites for hydroxylation is 1. The third kappa shape index (κ3) is 4.68. The number of ether oxygens (including phenoxy) is 1. The molecule has 0 aliphatic heterocycles. The Morgan fingerprint density at radius 1 is 1.19 bits per heavy atom. The highest BCUT2D eigenvalue weighted by Gasteiger charge is 2.19. The summed E-state index contributed by atoms with van der Waals surface area (Å²) in [5.41, 5.74) is 2.60. The van der Waals surface area contributed by atoms with Crippen molar-refractivity contribution in [1.29, 1.82) is 0 Å². The van der Waals surface area contributed by atoms with Crippen LogP contribution in [0.25, 0.3) is 22.3 Å². The Labute approximate surface area is 207 Å². The number of benzene rings is 3. The molecular formula is C27H26N4O5. The normalized spacial score (nSPS) is 11.5. The molecule has 0 amide bonds. The highest BCUT2D eigenvalue weighted by atomic mass is 16.6. The average molecular weight is 487 g/mol. The SMILES string of the molecule is CCOc1cc(C)c(-c2nc3ccccc3c(=O)n2N=Cc2ccc(O)c([N+](=O)[O-])c2)cc1C(C)C. The van der Waals surface area contributed by atoms with Gasteiger partial charge in [0.2, 0.25) is 0 Å². The van der Waals surface area contributed by atoms with Crippen LogP contribution in [0, 0.1) is 17.0 Å². The number of nitro groups is 1. The number of para-hydroxylation sites is 1. The van der Waals surface area contributed by atoms with Crippen LogP contribution in [0.1, 0.15) is 43.4 Å². The molecule has 0 unspecified atom stereocenters. The lowest BCUT2D eigenvalue weighted by Crippen LogP contribution is -2.21. The summed E-state index contributed by atoms with van der Waals surface area (Å²) in [7, 11) is 0. The van der Waals surface area contributed by atoms with Crippen LogP contribution in [0.4, 0.5) is 5.69 Å². The largest absolute Gasteiger partial charge is 0.502 e. The molecule has 0 saturated carbocycles. The van der Waals surface area contributed by atoms with Crippen molar-refractivity contribution in [3.8, 4) is 22.9 Å². The molecule has 0 saturated heterocycles. The van der Waals surface area contributed by atoms with E-state index in [1.807, 2.05) is 32.0 Å². The van der Waals surface area contributed by atoms with Gasteiger partial charge in [-0.15, -0.1) is 0 Å². The van der Waals surface area contributed by atoms with Crippen molar-refractivity contribution in [3.63, 3.8) is 0 Å². The van der Waals surface area contributed by atoms with Crippen LogP contribution in [0.2, 0.25) is 0 Å². The van der Waals surface area contributed by atoms with Crippen molar-refractivity contribution in [2.75, 3.05) is 6.61 Å². The molecular weight excluding hydrogens is 460 g/mol. The molecule has 4 rings (SSSR count). The van der Waals surface area contributed by atoms with Crippen molar-refractivity contribution < 1.29 is 14.8 Å². The van der Waals surface area contributed by atoms with E-state index in [-0.39, 0.29) is 11.5 Å². The van der Waals surface area contributed by atoms with Crippen LogP contribution in [0.3, 0.4) is 0 Å². The Hall–Kier alpha value is -4.53. The smallest absolute Gasteiger partial charge is 0.311 e. The zero-order valence-electron chi connectivity index (χ0n) is 20.4. The van der Waals surface area contributed by atoms with Gasteiger partial charge < -0.3 is 9.84 Å². The van der Waals surface area contributed by atoms with Crippen LogP contribution in [-0.4, -0.2) is 32.5 Å². The molecule has 9 nitrogen and oxygen atoms in total. The molecule has 36 heavy (non-hydrogen) atoms. The highest BCUT2D eigenvalue weighted by molar-refractivity contribution is 5.83. The fraction of sp³-hybridized carbons (Fsp3) is 0.222. The number of phenols is 1. The van der Waals surface area contributed by atoms with Gasteiger partial charge in [-0.25, -0.2) is 4.98 Å². The van der Waals surface area contributed by atoms with E-state index in [9.17, 15) is 20.0 Å². The maximum atomic E-state index is 13.5. The molecule has 0 fully saturated rings. The van der Waals surface area contributed by atoms with Gasteiger partial charge >= 0.3 is 5.69 Å². The molecule has 0 aliphatic rings. The number of rotatable bonds is 7. The molecule has 0 bridgehead atoms. The summed E-state index contributed by atoms with van der Waals surface area (Å²) in [5, 5.41) is 25.7. The lowest BCUT2D eigenvalue weighted by Gasteiger charge is -2.18. The molecule has 0 radical (unpaired) electrons. The zero-order chi connectivity index (χ0) is 26.0. The second-order valence-electron chi connectivity index (χ2n) is 8.61. The Morgan fingerprint density at radius 2 is 1.94 bits per heavy atom. The molecule has 0 atom stereocenters. The Kier molecular flexibility index (Phi) is 6.82. The Bertz CT molecular complexity index is 1560. The molecule has 1 heterocycles. The van der Waals surface area contributed by atoms with Gasteiger partial charge in [-0.3, -0.25) is 14.9 Å². The van der Waals surface area contributed by atoms with Gasteiger partial charge in [0.05, 0.1) is 28.6 Å². The van der Waals surface area contributed by atoms with E-state index in [1.165, 1.54) is 29.1 Å². The molecule has 3 aromatic carbocycles. The molecule has 184 valence electrons. The Morgan fingerprint density at radius 3 is 2.64 bits per heavy atom. The number of aromatic nitrogens is 2. The van der Waals surface area contributed by atoms with Crippen molar-refractivity contribution in [2.24, 2.45) is 5.10 Å². The van der Waals surface area contributed by atoms with Gasteiger partial charge in [0, 0.05) is 17.2 Å². The third-order valence-corrected chi connectivity index (χ3v) is 5.79. The first-order valence-electron chi connectivity index (χ1n) is 11.5. The molecule has 1 N–H and O–H groups in total. The van der Waals surface area contributed by atoms with E-state index in [2.05, 4.69) is 18.9 Å². The van der Waals surface area contributed by atoms with Crippen LogP contribution in [-0.2, 0) is 0 Å². The van der Waals surface area contributed by atoms with E-state index in [0.29, 0.717) is 28.9 Å².